The molecule has 4 rings (SSSR count). The van der Waals surface area contributed by atoms with Crippen LogP contribution in [0.1, 0.15) is 15.9 Å². The third-order valence-electron chi connectivity index (χ3n) is 4.91. The van der Waals surface area contributed by atoms with Crippen LogP contribution in [0, 0.1) is 0 Å². The quantitative estimate of drug-likeness (QED) is 0.387. The first-order valence-corrected chi connectivity index (χ1v) is 10.4. The first-order valence-electron chi connectivity index (χ1n) is 10.4. The van der Waals surface area contributed by atoms with E-state index >= 15 is 0 Å². The molecule has 0 saturated heterocycles. The van der Waals surface area contributed by atoms with Crippen LogP contribution in [0.3, 0.4) is 0 Å². The Bertz CT molecular complexity index is 1140. The standard InChI is InChI=1S/C26H25N3O3/c1-31-16-17-32-23-14-12-22(13-15-23)27-26(30)24-19-29(18-20-8-4-2-5-9-20)28-25(24)21-10-6-3-7-11-21/h2-15,19H,16-18H2,1H3,(H,27,30). The highest BCUT2D eigenvalue weighted by Crippen LogP contribution is 2.24. The topological polar surface area (TPSA) is 65.4 Å². The summed E-state index contributed by atoms with van der Waals surface area (Å²) in [6.45, 7) is 1.58. The first-order chi connectivity index (χ1) is 15.7. The van der Waals surface area contributed by atoms with Crippen molar-refractivity contribution < 1.29 is 14.3 Å². The Hall–Kier alpha value is -3.90. The number of hydrogen-bond acceptors (Lipinski definition) is 4. The van der Waals surface area contributed by atoms with Crippen molar-refractivity contribution in [3.05, 3.63) is 102 Å². The molecule has 1 aromatic heterocycles. The van der Waals surface area contributed by atoms with Gasteiger partial charge in [-0.15, -0.1) is 0 Å². The molecule has 162 valence electrons. The van der Waals surface area contributed by atoms with Crippen LogP contribution in [-0.4, -0.2) is 36.0 Å². The lowest BCUT2D eigenvalue weighted by atomic mass is 10.1. The molecule has 0 spiro atoms. The van der Waals surface area contributed by atoms with Crippen molar-refractivity contribution in [2.45, 2.75) is 6.54 Å². The number of carbonyl (C=O) groups is 1. The minimum atomic E-state index is -0.212. The van der Waals surface area contributed by atoms with Gasteiger partial charge in [-0.25, -0.2) is 0 Å². The zero-order valence-electron chi connectivity index (χ0n) is 17.9. The second-order valence-corrected chi connectivity index (χ2v) is 7.26. The molecule has 0 fully saturated rings. The summed E-state index contributed by atoms with van der Waals surface area (Å²) < 4.78 is 12.4. The zero-order chi connectivity index (χ0) is 22.2. The van der Waals surface area contributed by atoms with E-state index in [0.29, 0.717) is 36.7 Å². The van der Waals surface area contributed by atoms with E-state index < -0.39 is 0 Å². The summed E-state index contributed by atoms with van der Waals surface area (Å²) in [5.74, 6) is 0.511. The minimum absolute atomic E-state index is 0.212. The molecule has 4 aromatic rings. The van der Waals surface area contributed by atoms with Gasteiger partial charge in [0.25, 0.3) is 5.91 Å². The maximum absolute atomic E-state index is 13.2. The number of carbonyl (C=O) groups excluding carboxylic acids is 1. The van der Waals surface area contributed by atoms with Crippen molar-refractivity contribution in [2.75, 3.05) is 25.6 Å². The normalized spacial score (nSPS) is 10.7. The Balaban J connectivity index is 1.55. The number of aromatic nitrogens is 2. The molecule has 1 amide bonds. The fourth-order valence-electron chi connectivity index (χ4n) is 3.32. The SMILES string of the molecule is COCCOc1ccc(NC(=O)c2cn(Cc3ccccc3)nc2-c2ccccc2)cc1. The third-order valence-corrected chi connectivity index (χ3v) is 4.91. The maximum atomic E-state index is 13.2. The molecule has 6 heteroatoms. The third kappa shape index (κ3) is 5.42. The number of anilines is 1. The van der Waals surface area contributed by atoms with Crippen LogP contribution in [0.25, 0.3) is 11.3 Å². The van der Waals surface area contributed by atoms with Gasteiger partial charge in [0.1, 0.15) is 18.1 Å². The number of nitrogens with one attached hydrogen (secondary N) is 1. The van der Waals surface area contributed by atoms with Gasteiger partial charge in [0, 0.05) is 24.6 Å². The fraction of sp³-hybridized carbons (Fsp3) is 0.154. The monoisotopic (exact) mass is 427 g/mol. The molecule has 3 aromatic carbocycles. The Morgan fingerprint density at radius 3 is 2.28 bits per heavy atom. The summed E-state index contributed by atoms with van der Waals surface area (Å²) in [6, 6.07) is 27.1. The van der Waals surface area contributed by atoms with Crippen LogP contribution >= 0.6 is 0 Å². The Labute approximate surface area is 187 Å². The van der Waals surface area contributed by atoms with Gasteiger partial charge >= 0.3 is 0 Å². The number of ether oxygens (including phenoxy) is 2. The van der Waals surface area contributed by atoms with Gasteiger partial charge in [-0.05, 0) is 29.8 Å². The molecule has 6 nitrogen and oxygen atoms in total. The Morgan fingerprint density at radius 2 is 1.59 bits per heavy atom. The highest BCUT2D eigenvalue weighted by Gasteiger charge is 2.18. The van der Waals surface area contributed by atoms with Crippen LogP contribution in [-0.2, 0) is 11.3 Å². The van der Waals surface area contributed by atoms with Gasteiger partial charge in [-0.3, -0.25) is 9.48 Å². The van der Waals surface area contributed by atoms with Gasteiger partial charge in [0.05, 0.1) is 18.7 Å². The second kappa shape index (κ2) is 10.4. The number of rotatable bonds is 9. The van der Waals surface area contributed by atoms with E-state index in [0.717, 1.165) is 16.9 Å². The average Bonchev–Trinajstić information content (AvgIpc) is 3.25. The van der Waals surface area contributed by atoms with Crippen molar-refractivity contribution in [1.82, 2.24) is 9.78 Å². The lowest BCUT2D eigenvalue weighted by Crippen LogP contribution is -2.12. The molecule has 0 aliphatic heterocycles. The van der Waals surface area contributed by atoms with Gasteiger partial charge in [0.15, 0.2) is 0 Å². The Morgan fingerprint density at radius 1 is 0.906 bits per heavy atom. The summed E-state index contributed by atoms with van der Waals surface area (Å²) >= 11 is 0. The summed E-state index contributed by atoms with van der Waals surface area (Å²) in [4.78, 5) is 13.2. The largest absolute Gasteiger partial charge is 0.491 e. The van der Waals surface area contributed by atoms with E-state index in [4.69, 9.17) is 14.6 Å². The first kappa shape index (κ1) is 21.3. The predicted molar refractivity (Wildman–Crippen MR) is 125 cm³/mol. The van der Waals surface area contributed by atoms with Gasteiger partial charge in [0.2, 0.25) is 0 Å². The molecule has 0 saturated carbocycles. The molecule has 0 aliphatic carbocycles. The highest BCUT2D eigenvalue weighted by molar-refractivity contribution is 6.08. The molecule has 0 aliphatic rings. The van der Waals surface area contributed by atoms with Gasteiger partial charge < -0.3 is 14.8 Å². The van der Waals surface area contributed by atoms with E-state index in [1.54, 1.807) is 18.0 Å². The van der Waals surface area contributed by atoms with E-state index in [1.807, 2.05) is 84.9 Å². The maximum Gasteiger partial charge on any atom is 0.259 e. The van der Waals surface area contributed by atoms with E-state index in [2.05, 4.69) is 5.32 Å². The lowest BCUT2D eigenvalue weighted by molar-refractivity contribution is 0.102. The fourth-order valence-corrected chi connectivity index (χ4v) is 3.32. The Kier molecular flexibility index (Phi) is 6.94. The molecule has 1 heterocycles. The molecular formula is C26H25N3O3. The summed E-state index contributed by atoms with van der Waals surface area (Å²) in [5, 5.41) is 7.69. The van der Waals surface area contributed by atoms with E-state index in [1.165, 1.54) is 0 Å². The average molecular weight is 428 g/mol. The van der Waals surface area contributed by atoms with Gasteiger partial charge in [-0.1, -0.05) is 60.7 Å². The van der Waals surface area contributed by atoms with E-state index in [-0.39, 0.29) is 5.91 Å². The highest BCUT2D eigenvalue weighted by atomic mass is 16.5. The number of nitrogens with zero attached hydrogens (tertiary/aromatic N) is 2. The number of hydrogen-bond donors (Lipinski definition) is 1. The summed E-state index contributed by atoms with van der Waals surface area (Å²) in [6.07, 6.45) is 1.80. The number of benzene rings is 3. The van der Waals surface area contributed by atoms with E-state index in [9.17, 15) is 4.79 Å². The van der Waals surface area contributed by atoms with Crippen molar-refractivity contribution >= 4 is 11.6 Å². The lowest BCUT2D eigenvalue weighted by Gasteiger charge is -2.08. The molecule has 0 radical (unpaired) electrons. The zero-order valence-corrected chi connectivity index (χ0v) is 17.9. The van der Waals surface area contributed by atoms with Crippen LogP contribution < -0.4 is 10.1 Å². The smallest absolute Gasteiger partial charge is 0.259 e. The minimum Gasteiger partial charge on any atom is -0.491 e. The molecule has 0 atom stereocenters. The van der Waals surface area contributed by atoms with Crippen molar-refractivity contribution in [2.24, 2.45) is 0 Å². The summed E-state index contributed by atoms with van der Waals surface area (Å²) in [5.41, 5.74) is 3.87. The van der Waals surface area contributed by atoms with Crippen molar-refractivity contribution in [3.8, 4) is 17.0 Å². The summed E-state index contributed by atoms with van der Waals surface area (Å²) in [7, 11) is 1.63. The van der Waals surface area contributed by atoms with Crippen LogP contribution in [0.15, 0.2) is 91.1 Å². The second-order valence-electron chi connectivity index (χ2n) is 7.26. The molecule has 0 bridgehead atoms. The predicted octanol–water partition coefficient (Wildman–Crippen LogP) is 4.88. The molecular weight excluding hydrogens is 402 g/mol. The van der Waals surface area contributed by atoms with Gasteiger partial charge in [-0.2, -0.15) is 5.10 Å². The molecule has 32 heavy (non-hydrogen) atoms. The van der Waals surface area contributed by atoms with Crippen molar-refractivity contribution in [1.29, 1.82) is 0 Å². The van der Waals surface area contributed by atoms with Crippen LogP contribution in [0.5, 0.6) is 5.75 Å². The number of methoxy groups -OCH3 is 1. The molecule has 1 N–H and O–H groups in total. The van der Waals surface area contributed by atoms with Crippen LogP contribution in [0.4, 0.5) is 5.69 Å². The molecule has 0 unspecified atom stereocenters. The number of amides is 1. The van der Waals surface area contributed by atoms with Crippen molar-refractivity contribution in [3.63, 3.8) is 0 Å². The van der Waals surface area contributed by atoms with Crippen LogP contribution in [0.2, 0.25) is 0 Å².